The quantitative estimate of drug-likeness (QED) is 0.124. The highest BCUT2D eigenvalue weighted by atomic mass is 32.3. The Morgan fingerprint density at radius 1 is 0.585 bits per heavy atom. The molecule has 0 aliphatic rings. The zero-order valence-electron chi connectivity index (χ0n) is 22.9. The van der Waals surface area contributed by atoms with E-state index >= 15 is 0 Å². The SMILES string of the molecule is CCN(Cc1ccccc1)c1ccc([N+]#N)cc1.CCN(Cc1ccccc1)c1ccc([N+]#N)cc1.O=S(=O)([O-])[O-]. The third kappa shape index (κ3) is 12.7. The van der Waals surface area contributed by atoms with Crippen molar-refractivity contribution in [1.82, 2.24) is 0 Å². The predicted octanol–water partition coefficient (Wildman–Crippen LogP) is 7.06. The number of rotatable bonds is 8. The molecule has 4 aromatic carbocycles. The summed E-state index contributed by atoms with van der Waals surface area (Å²) in [6.45, 7) is 7.90. The van der Waals surface area contributed by atoms with E-state index in [4.69, 9.17) is 28.3 Å². The van der Waals surface area contributed by atoms with Crippen LogP contribution in [0.15, 0.2) is 109 Å². The summed E-state index contributed by atoms with van der Waals surface area (Å²) in [6.07, 6.45) is 0. The summed E-state index contributed by atoms with van der Waals surface area (Å²) < 4.78 is 34.1. The molecule has 41 heavy (non-hydrogen) atoms. The average Bonchev–Trinajstić information content (AvgIpc) is 2.99. The smallest absolute Gasteiger partial charge is 0.385 e. The molecule has 0 radical (unpaired) electrons. The monoisotopic (exact) mass is 572 g/mol. The van der Waals surface area contributed by atoms with Crippen molar-refractivity contribution in [3.8, 4) is 0 Å². The Labute approximate surface area is 241 Å². The van der Waals surface area contributed by atoms with Crippen LogP contribution < -0.4 is 9.80 Å². The minimum Gasteiger partial charge on any atom is -0.759 e. The minimum atomic E-state index is -5.17. The Kier molecular flexibility index (Phi) is 13.4. The van der Waals surface area contributed by atoms with E-state index in [2.05, 4.69) is 82.1 Å². The Morgan fingerprint density at radius 3 is 1.12 bits per heavy atom. The molecule has 0 spiro atoms. The summed E-state index contributed by atoms with van der Waals surface area (Å²) in [5.74, 6) is 0. The maximum atomic E-state index is 8.67. The van der Waals surface area contributed by atoms with E-state index in [1.54, 1.807) is 0 Å². The zero-order valence-corrected chi connectivity index (χ0v) is 23.8. The lowest BCUT2D eigenvalue weighted by atomic mass is 10.2. The van der Waals surface area contributed by atoms with Crippen molar-refractivity contribution in [2.45, 2.75) is 26.9 Å². The highest BCUT2D eigenvalue weighted by Crippen LogP contribution is 2.22. The molecule has 0 aromatic heterocycles. The Balaban J connectivity index is 0.000000247. The van der Waals surface area contributed by atoms with Gasteiger partial charge in [-0.1, -0.05) is 60.7 Å². The first kappa shape index (κ1) is 32.4. The average molecular weight is 573 g/mol. The third-order valence-corrected chi connectivity index (χ3v) is 5.86. The van der Waals surface area contributed by atoms with Crippen molar-refractivity contribution in [2.75, 3.05) is 22.9 Å². The fraction of sp³-hybridized carbons (Fsp3) is 0.200. The van der Waals surface area contributed by atoms with Gasteiger partial charge in [0.2, 0.25) is 10.8 Å². The number of nitrogens with zero attached hydrogens (tertiary/aromatic N) is 6. The molecule has 4 rings (SSSR count). The molecule has 10 nitrogen and oxygen atoms in total. The van der Waals surface area contributed by atoms with Gasteiger partial charge >= 0.3 is 11.4 Å². The molecule has 0 unspecified atom stereocenters. The molecule has 0 saturated carbocycles. The topological polar surface area (TPSA) is 143 Å². The highest BCUT2D eigenvalue weighted by molar-refractivity contribution is 7.79. The van der Waals surface area contributed by atoms with Gasteiger partial charge in [0, 0.05) is 72.2 Å². The fourth-order valence-corrected chi connectivity index (χ4v) is 3.84. The Morgan fingerprint density at radius 2 is 0.878 bits per heavy atom. The molecule has 0 amide bonds. The second-order valence-corrected chi connectivity index (χ2v) is 9.46. The molecule has 11 heteroatoms. The number of benzene rings is 4. The lowest BCUT2D eigenvalue weighted by Gasteiger charge is -2.22. The van der Waals surface area contributed by atoms with Crippen LogP contribution in [0.5, 0.6) is 0 Å². The molecule has 0 atom stereocenters. The standard InChI is InChI=1S/2C15H16N3.H2O4S/c2*1-2-18(12-13-6-4-3-5-7-13)15-10-8-14(17-16)9-11-15;1-5(2,3)4/h2*3-11H,2,12H2,1H3;(H2,1,2,3,4)/q2*+1;/p-2. The van der Waals surface area contributed by atoms with Crippen molar-refractivity contribution in [1.29, 1.82) is 10.8 Å². The fourth-order valence-electron chi connectivity index (χ4n) is 3.84. The third-order valence-electron chi connectivity index (χ3n) is 5.86. The lowest BCUT2D eigenvalue weighted by molar-refractivity contribution is 0.352. The van der Waals surface area contributed by atoms with Crippen LogP contribution in [0.3, 0.4) is 0 Å². The van der Waals surface area contributed by atoms with Gasteiger partial charge in [-0.25, -0.2) is 0 Å². The van der Waals surface area contributed by atoms with Gasteiger partial charge in [-0.3, -0.25) is 8.42 Å². The molecule has 0 bridgehead atoms. The summed E-state index contributed by atoms with van der Waals surface area (Å²) in [5, 5.41) is 17.3. The minimum absolute atomic E-state index is 0.578. The van der Waals surface area contributed by atoms with Gasteiger partial charge in [0.15, 0.2) is 9.95 Å². The van der Waals surface area contributed by atoms with Crippen LogP contribution in [0.4, 0.5) is 22.7 Å². The van der Waals surface area contributed by atoms with Gasteiger partial charge in [-0.2, -0.15) is 0 Å². The summed E-state index contributed by atoms with van der Waals surface area (Å²) in [6, 6.07) is 35.9. The zero-order chi connectivity index (χ0) is 30.1. The van der Waals surface area contributed by atoms with Crippen LogP contribution in [0.2, 0.25) is 0 Å². The molecule has 0 heterocycles. The van der Waals surface area contributed by atoms with E-state index < -0.39 is 10.4 Å². The van der Waals surface area contributed by atoms with E-state index in [0.29, 0.717) is 11.4 Å². The van der Waals surface area contributed by atoms with Gasteiger partial charge in [0.25, 0.3) is 0 Å². The van der Waals surface area contributed by atoms with Crippen LogP contribution in [-0.2, 0) is 23.5 Å². The van der Waals surface area contributed by atoms with E-state index in [0.717, 1.165) is 37.6 Å². The largest absolute Gasteiger partial charge is 0.759 e. The van der Waals surface area contributed by atoms with Crippen LogP contribution in [-0.4, -0.2) is 30.6 Å². The molecule has 0 aliphatic carbocycles. The van der Waals surface area contributed by atoms with Crippen molar-refractivity contribution in [2.24, 2.45) is 0 Å². The van der Waals surface area contributed by atoms with Gasteiger partial charge < -0.3 is 18.9 Å². The van der Waals surface area contributed by atoms with Crippen molar-refractivity contribution in [3.05, 3.63) is 130 Å². The van der Waals surface area contributed by atoms with Gasteiger partial charge in [-0.15, -0.1) is 0 Å². The van der Waals surface area contributed by atoms with E-state index in [1.807, 2.05) is 60.7 Å². The van der Waals surface area contributed by atoms with Crippen LogP contribution in [0.1, 0.15) is 25.0 Å². The Hall–Kier alpha value is -4.81. The van der Waals surface area contributed by atoms with Gasteiger partial charge in [0.1, 0.15) is 0 Å². The van der Waals surface area contributed by atoms with Gasteiger partial charge in [-0.05, 0) is 49.2 Å². The van der Waals surface area contributed by atoms with E-state index in [1.165, 1.54) is 11.1 Å². The maximum Gasteiger partial charge on any atom is 0.385 e. The number of hydrogen-bond donors (Lipinski definition) is 0. The Bertz CT molecular complexity index is 1390. The summed E-state index contributed by atoms with van der Waals surface area (Å²) in [4.78, 5) is 10.9. The number of anilines is 2. The van der Waals surface area contributed by atoms with Crippen molar-refractivity contribution >= 4 is 33.1 Å². The normalized spacial score (nSPS) is 10.0. The maximum absolute atomic E-state index is 8.67. The summed E-state index contributed by atoms with van der Waals surface area (Å²) in [5.41, 5.74) is 6.00. The number of hydrogen-bond acceptors (Lipinski definition) is 8. The number of diazo groups is 2. The molecule has 0 aliphatic heterocycles. The molecule has 212 valence electrons. The molecule has 0 saturated heterocycles. The van der Waals surface area contributed by atoms with Gasteiger partial charge in [0.05, 0.1) is 0 Å². The first-order valence-electron chi connectivity index (χ1n) is 12.8. The van der Waals surface area contributed by atoms with Crippen LogP contribution >= 0.6 is 0 Å². The van der Waals surface area contributed by atoms with E-state index in [-0.39, 0.29) is 0 Å². The second-order valence-electron chi connectivity index (χ2n) is 8.64. The molecule has 0 fully saturated rings. The first-order valence-corrected chi connectivity index (χ1v) is 14.1. The first-order chi connectivity index (χ1) is 19.7. The summed E-state index contributed by atoms with van der Waals surface area (Å²) in [7, 11) is -5.17. The van der Waals surface area contributed by atoms with Crippen LogP contribution in [0, 0.1) is 10.8 Å². The lowest BCUT2D eigenvalue weighted by Crippen LogP contribution is -2.21. The van der Waals surface area contributed by atoms with Crippen molar-refractivity contribution < 1.29 is 17.5 Å². The highest BCUT2D eigenvalue weighted by Gasteiger charge is 2.09. The van der Waals surface area contributed by atoms with Crippen LogP contribution in [0.25, 0.3) is 9.95 Å². The second kappa shape index (κ2) is 17.0. The molecule has 4 aromatic rings. The molecular formula is C30H32N6O4S. The molecular weight excluding hydrogens is 540 g/mol. The summed E-state index contributed by atoms with van der Waals surface area (Å²) >= 11 is 0. The predicted molar refractivity (Wildman–Crippen MR) is 159 cm³/mol. The molecule has 0 N–H and O–H groups in total. The van der Waals surface area contributed by atoms with Crippen molar-refractivity contribution in [3.63, 3.8) is 0 Å². The van der Waals surface area contributed by atoms with E-state index in [9.17, 15) is 0 Å².